The summed E-state index contributed by atoms with van der Waals surface area (Å²) in [6, 6.07) is 9.47. The van der Waals surface area contributed by atoms with E-state index in [4.69, 9.17) is 19.9 Å². The Morgan fingerprint density at radius 3 is 2.62 bits per heavy atom. The van der Waals surface area contributed by atoms with Crippen molar-refractivity contribution < 1.29 is 19.3 Å². The molecule has 1 aromatic carbocycles. The first kappa shape index (κ1) is 20.1. The summed E-state index contributed by atoms with van der Waals surface area (Å²) in [5.74, 6) is 8.18. The summed E-state index contributed by atoms with van der Waals surface area (Å²) in [4.78, 5) is 2.24. The van der Waals surface area contributed by atoms with Crippen molar-refractivity contribution in [2.45, 2.75) is 26.0 Å². The molecule has 2 aromatic rings. The monoisotopic (exact) mass is 375 g/mol. The molecule has 0 spiro atoms. The van der Waals surface area contributed by atoms with Crippen LogP contribution in [-0.4, -0.2) is 32.2 Å². The maximum absolute atomic E-state index is 9.33. The van der Waals surface area contributed by atoms with Crippen LogP contribution in [-0.2, 0) is 6.42 Å². The lowest BCUT2D eigenvalue weighted by molar-refractivity contribution is 0.119. The molecule has 0 saturated carbocycles. The van der Waals surface area contributed by atoms with Crippen LogP contribution in [0.25, 0.3) is 0 Å². The Morgan fingerprint density at radius 1 is 1.15 bits per heavy atom. The van der Waals surface area contributed by atoms with Crippen LogP contribution in [0, 0.1) is 17.8 Å². The highest BCUT2D eigenvalue weighted by Crippen LogP contribution is 2.30. The lowest BCUT2D eigenvalue weighted by atomic mass is 10.0. The molecule has 0 aliphatic carbocycles. The van der Waals surface area contributed by atoms with E-state index in [-0.39, 0.29) is 5.92 Å². The van der Waals surface area contributed by atoms with Gasteiger partial charge in [-0.05, 0) is 43.0 Å². The molecule has 0 fully saturated rings. The molecule has 1 unspecified atom stereocenters. The number of ether oxygens (including phenoxy) is 3. The van der Waals surface area contributed by atoms with Gasteiger partial charge in [0.2, 0.25) is 0 Å². The molecular formula is C20H25NO4S. The molecule has 3 N–H and O–H groups in total. The molecule has 140 valence electrons. The molecule has 0 aliphatic heterocycles. The second-order valence-electron chi connectivity index (χ2n) is 5.88. The normalized spacial score (nSPS) is 12.7. The van der Waals surface area contributed by atoms with E-state index in [0.29, 0.717) is 23.9 Å². The fourth-order valence-electron chi connectivity index (χ4n) is 2.27. The second-order valence-corrected chi connectivity index (χ2v) is 7.05. The van der Waals surface area contributed by atoms with Gasteiger partial charge in [0.25, 0.3) is 0 Å². The number of methoxy groups -OCH3 is 2. The molecule has 6 heteroatoms. The van der Waals surface area contributed by atoms with Gasteiger partial charge in [0.1, 0.15) is 18.6 Å². The Kier molecular flexibility index (Phi) is 7.79. The van der Waals surface area contributed by atoms with Gasteiger partial charge in [-0.3, -0.25) is 0 Å². The van der Waals surface area contributed by atoms with Crippen molar-refractivity contribution in [1.82, 2.24) is 0 Å². The predicted molar refractivity (Wildman–Crippen MR) is 104 cm³/mol. The van der Waals surface area contributed by atoms with Crippen LogP contribution in [0.3, 0.4) is 0 Å². The van der Waals surface area contributed by atoms with Crippen molar-refractivity contribution in [2.75, 3.05) is 20.8 Å². The van der Waals surface area contributed by atoms with E-state index >= 15 is 0 Å². The molecule has 1 aromatic heterocycles. The molecule has 2 rings (SSSR count). The molecule has 0 bridgehead atoms. The van der Waals surface area contributed by atoms with E-state index in [1.54, 1.807) is 37.7 Å². The van der Waals surface area contributed by atoms with E-state index in [9.17, 15) is 5.11 Å². The zero-order valence-corrected chi connectivity index (χ0v) is 16.1. The number of thiophene rings is 1. The third-order valence-corrected chi connectivity index (χ3v) is 5.03. The fourth-order valence-corrected chi connectivity index (χ4v) is 3.17. The lowest BCUT2D eigenvalue weighted by Gasteiger charge is -2.12. The van der Waals surface area contributed by atoms with E-state index < -0.39 is 6.23 Å². The first-order valence-corrected chi connectivity index (χ1v) is 9.21. The standard InChI is InChI=1S/C20H25NO4S/c1-14(20(21)22)6-8-17-10-9-16(26-17)5-4-12-25-15-7-11-18(23-2)19(13-15)24-3/h7,9-11,13-14,20,22H,6,8,12,21H2,1-3H3/t14-,20?/m1/s1. The molecular weight excluding hydrogens is 350 g/mol. The number of aliphatic hydroxyl groups excluding tert-OH is 1. The first-order valence-electron chi connectivity index (χ1n) is 8.39. The van der Waals surface area contributed by atoms with Crippen LogP contribution in [0.15, 0.2) is 30.3 Å². The highest BCUT2D eigenvalue weighted by atomic mass is 32.1. The minimum absolute atomic E-state index is 0.0847. The van der Waals surface area contributed by atoms with Crippen LogP contribution >= 0.6 is 11.3 Å². The molecule has 0 radical (unpaired) electrons. The summed E-state index contributed by atoms with van der Waals surface area (Å²) in [5, 5.41) is 9.33. The third kappa shape index (κ3) is 5.95. The zero-order valence-electron chi connectivity index (χ0n) is 15.3. The van der Waals surface area contributed by atoms with Gasteiger partial charge in [0.15, 0.2) is 11.5 Å². The highest BCUT2D eigenvalue weighted by molar-refractivity contribution is 7.12. The minimum Gasteiger partial charge on any atom is -0.493 e. The van der Waals surface area contributed by atoms with E-state index in [1.165, 1.54) is 4.88 Å². The highest BCUT2D eigenvalue weighted by Gasteiger charge is 2.09. The van der Waals surface area contributed by atoms with Crippen LogP contribution in [0.1, 0.15) is 23.1 Å². The van der Waals surface area contributed by atoms with Crippen molar-refractivity contribution in [3.05, 3.63) is 40.1 Å². The quantitative estimate of drug-likeness (QED) is 0.548. The molecule has 1 heterocycles. The van der Waals surface area contributed by atoms with Gasteiger partial charge in [-0.15, -0.1) is 11.3 Å². The van der Waals surface area contributed by atoms with Crippen molar-refractivity contribution in [1.29, 1.82) is 0 Å². The number of nitrogens with two attached hydrogens (primary N) is 1. The van der Waals surface area contributed by atoms with Gasteiger partial charge < -0.3 is 25.1 Å². The van der Waals surface area contributed by atoms with Crippen LogP contribution in [0.4, 0.5) is 0 Å². The number of hydrogen-bond donors (Lipinski definition) is 2. The first-order chi connectivity index (χ1) is 12.5. The Morgan fingerprint density at radius 2 is 1.92 bits per heavy atom. The van der Waals surface area contributed by atoms with Crippen molar-refractivity contribution in [3.63, 3.8) is 0 Å². The zero-order chi connectivity index (χ0) is 18.9. The summed E-state index contributed by atoms with van der Waals surface area (Å²) in [6.07, 6.45) is 0.986. The van der Waals surface area contributed by atoms with Gasteiger partial charge in [-0.1, -0.05) is 18.8 Å². The number of benzene rings is 1. The topological polar surface area (TPSA) is 73.9 Å². The Labute approximate surface area is 158 Å². The van der Waals surface area contributed by atoms with Gasteiger partial charge in [-0.25, -0.2) is 0 Å². The van der Waals surface area contributed by atoms with Gasteiger partial charge >= 0.3 is 0 Å². The minimum atomic E-state index is -0.761. The summed E-state index contributed by atoms with van der Waals surface area (Å²) in [6.45, 7) is 2.24. The van der Waals surface area contributed by atoms with E-state index in [0.717, 1.165) is 17.7 Å². The summed E-state index contributed by atoms with van der Waals surface area (Å²) >= 11 is 1.66. The SMILES string of the molecule is COc1ccc(OCC#Cc2ccc(CC[C@@H](C)C(N)O)s2)cc1OC. The van der Waals surface area contributed by atoms with E-state index in [2.05, 4.69) is 17.9 Å². The predicted octanol–water partition coefficient (Wildman–Crippen LogP) is 3.04. The number of aliphatic hydroxyl groups is 1. The number of aryl methyl sites for hydroxylation is 1. The van der Waals surface area contributed by atoms with Gasteiger partial charge in [0, 0.05) is 10.9 Å². The Hall–Kier alpha value is -2.20. The van der Waals surface area contributed by atoms with Crippen molar-refractivity contribution in [3.8, 4) is 29.1 Å². The molecule has 5 nitrogen and oxygen atoms in total. The molecule has 0 amide bonds. The molecule has 0 aliphatic rings. The van der Waals surface area contributed by atoms with Gasteiger partial charge in [0.05, 0.1) is 19.1 Å². The third-order valence-electron chi connectivity index (χ3n) is 3.97. The van der Waals surface area contributed by atoms with Crippen molar-refractivity contribution >= 4 is 11.3 Å². The summed E-state index contributed by atoms with van der Waals surface area (Å²) < 4.78 is 16.1. The maximum atomic E-state index is 9.33. The Bertz CT molecular complexity index is 761. The van der Waals surface area contributed by atoms with Crippen LogP contribution in [0.2, 0.25) is 0 Å². The summed E-state index contributed by atoms with van der Waals surface area (Å²) in [5.41, 5.74) is 5.48. The largest absolute Gasteiger partial charge is 0.493 e. The van der Waals surface area contributed by atoms with Crippen LogP contribution < -0.4 is 19.9 Å². The van der Waals surface area contributed by atoms with E-state index in [1.807, 2.05) is 19.1 Å². The average molecular weight is 375 g/mol. The van der Waals surface area contributed by atoms with Crippen molar-refractivity contribution in [2.24, 2.45) is 11.7 Å². The molecule has 0 saturated heterocycles. The van der Waals surface area contributed by atoms with Crippen LogP contribution in [0.5, 0.6) is 17.2 Å². The smallest absolute Gasteiger partial charge is 0.164 e. The summed E-state index contributed by atoms with van der Waals surface area (Å²) in [7, 11) is 3.18. The van der Waals surface area contributed by atoms with Gasteiger partial charge in [-0.2, -0.15) is 0 Å². The molecule has 2 atom stereocenters. The average Bonchev–Trinajstić information content (AvgIpc) is 3.10. The molecule has 26 heavy (non-hydrogen) atoms. The number of rotatable bonds is 8. The lowest BCUT2D eigenvalue weighted by Crippen LogP contribution is -2.27. The fraction of sp³-hybridized carbons (Fsp3) is 0.400. The maximum Gasteiger partial charge on any atom is 0.164 e. The Balaban J connectivity index is 1.85. The number of hydrogen-bond acceptors (Lipinski definition) is 6. The second kappa shape index (κ2) is 10.1.